The maximum Gasteiger partial charge on any atom is 0.221 e. The van der Waals surface area contributed by atoms with E-state index in [1.807, 2.05) is 60.4 Å². The van der Waals surface area contributed by atoms with Gasteiger partial charge in [-0.15, -0.1) is 0 Å². The fourth-order valence-electron chi connectivity index (χ4n) is 5.36. The van der Waals surface area contributed by atoms with Crippen molar-refractivity contribution in [3.8, 4) is 0 Å². The van der Waals surface area contributed by atoms with Crippen LogP contribution >= 0.6 is 0 Å². The van der Waals surface area contributed by atoms with Crippen LogP contribution in [0.25, 0.3) is 0 Å². The first kappa shape index (κ1) is 58.8. The Morgan fingerprint density at radius 3 is 1.98 bits per heavy atom. The van der Waals surface area contributed by atoms with E-state index >= 15 is 0 Å². The van der Waals surface area contributed by atoms with Gasteiger partial charge in [0, 0.05) is 58.8 Å². The second-order valence-electron chi connectivity index (χ2n) is 13.6. The zero-order valence-corrected chi connectivity index (χ0v) is 38.8. The SMILES string of the molecule is C=C/C=C\C(=C/C)CCC.C=Nc1cc(NC=O)ccc1NC.CC(=O)N1CCCCC1C.CC/C=C\C(C)=C/CC.CCCN(C=O)CCC(=O)NC.c1ccccc1. The molecule has 4 amide bonds. The molecule has 334 valence electrons. The Labute approximate surface area is 365 Å². The number of piperidine rings is 1. The lowest BCUT2D eigenvalue weighted by molar-refractivity contribution is -0.132. The third-order valence-corrected chi connectivity index (χ3v) is 8.60. The molecule has 0 spiro atoms. The average Bonchev–Trinajstić information content (AvgIpc) is 3.27. The minimum Gasteiger partial charge on any atom is -0.386 e. The van der Waals surface area contributed by atoms with E-state index in [0.717, 1.165) is 44.4 Å². The van der Waals surface area contributed by atoms with Crippen LogP contribution in [-0.2, 0) is 19.2 Å². The molecule has 0 bridgehead atoms. The molecule has 3 N–H and O–H groups in total. The van der Waals surface area contributed by atoms with Crippen LogP contribution in [-0.4, -0.2) is 80.9 Å². The molecule has 0 aromatic heterocycles. The van der Waals surface area contributed by atoms with E-state index in [4.69, 9.17) is 0 Å². The predicted molar refractivity (Wildman–Crippen MR) is 260 cm³/mol. The smallest absolute Gasteiger partial charge is 0.221 e. The number of hydrogen-bond acceptors (Lipinski definition) is 6. The minimum absolute atomic E-state index is 0.0297. The second-order valence-corrected chi connectivity index (χ2v) is 13.6. The third kappa shape index (κ3) is 34.5. The Kier molecular flexibility index (Phi) is 42.2. The maximum absolute atomic E-state index is 10.9. The van der Waals surface area contributed by atoms with Gasteiger partial charge in [0.05, 0.1) is 11.4 Å². The first-order valence-corrected chi connectivity index (χ1v) is 21.4. The van der Waals surface area contributed by atoms with Gasteiger partial charge >= 0.3 is 0 Å². The van der Waals surface area contributed by atoms with Crippen LogP contribution < -0.4 is 16.0 Å². The normalized spacial score (nSPS) is 13.0. The number of carbonyl (C=O) groups is 4. The number of likely N-dealkylation sites (tertiary alicyclic amines) is 1. The van der Waals surface area contributed by atoms with Crippen LogP contribution in [0, 0.1) is 0 Å². The van der Waals surface area contributed by atoms with E-state index in [9.17, 15) is 19.2 Å². The largest absolute Gasteiger partial charge is 0.386 e. The van der Waals surface area contributed by atoms with Gasteiger partial charge in [-0.3, -0.25) is 24.2 Å². The zero-order valence-electron chi connectivity index (χ0n) is 38.8. The fraction of sp³-hybridized carbons (Fsp3) is 0.460. The molecule has 1 atom stereocenters. The van der Waals surface area contributed by atoms with Crippen LogP contribution in [0.4, 0.5) is 17.1 Å². The van der Waals surface area contributed by atoms with E-state index in [1.54, 1.807) is 44.1 Å². The summed E-state index contributed by atoms with van der Waals surface area (Å²) in [5, 5.41) is 8.01. The molecular formula is C50H80N6O4. The van der Waals surface area contributed by atoms with Crippen LogP contribution in [0.2, 0.25) is 0 Å². The lowest BCUT2D eigenvalue weighted by atomic mass is 10.0. The quantitative estimate of drug-likeness (QED) is 0.0832. The summed E-state index contributed by atoms with van der Waals surface area (Å²) in [7, 11) is 3.39. The van der Waals surface area contributed by atoms with Crippen molar-refractivity contribution in [3.63, 3.8) is 0 Å². The van der Waals surface area contributed by atoms with Crippen LogP contribution in [0.3, 0.4) is 0 Å². The highest BCUT2D eigenvalue weighted by atomic mass is 16.2. The number of carbonyl (C=O) groups excluding carboxylic acids is 4. The summed E-state index contributed by atoms with van der Waals surface area (Å²) in [5.41, 5.74) is 5.07. The number of nitrogens with zero attached hydrogens (tertiary/aromatic N) is 3. The molecule has 2 aromatic carbocycles. The Hall–Kier alpha value is -5.51. The highest BCUT2D eigenvalue weighted by Crippen LogP contribution is 2.27. The van der Waals surface area contributed by atoms with Crippen LogP contribution in [0.15, 0.2) is 120 Å². The molecular weight excluding hydrogens is 749 g/mol. The summed E-state index contributed by atoms with van der Waals surface area (Å²) >= 11 is 0. The first-order valence-electron chi connectivity index (χ1n) is 21.4. The molecule has 1 aliphatic heterocycles. The molecule has 1 saturated heterocycles. The zero-order chi connectivity index (χ0) is 45.8. The van der Waals surface area contributed by atoms with Gasteiger partial charge in [0.1, 0.15) is 0 Å². The van der Waals surface area contributed by atoms with Crippen molar-refractivity contribution in [1.29, 1.82) is 0 Å². The number of nitrogens with one attached hydrogen (secondary N) is 3. The van der Waals surface area contributed by atoms with E-state index in [0.29, 0.717) is 36.8 Å². The summed E-state index contributed by atoms with van der Waals surface area (Å²) in [6, 6.07) is 17.8. The number of hydrogen-bond donors (Lipinski definition) is 3. The molecule has 1 fully saturated rings. The van der Waals surface area contributed by atoms with E-state index < -0.39 is 0 Å². The highest BCUT2D eigenvalue weighted by molar-refractivity contribution is 5.78. The van der Waals surface area contributed by atoms with Crippen molar-refractivity contribution in [2.45, 2.75) is 119 Å². The first-order chi connectivity index (χ1) is 28.9. The second kappa shape index (κ2) is 43.1. The van der Waals surface area contributed by atoms with Crippen molar-refractivity contribution >= 4 is 48.4 Å². The summed E-state index contributed by atoms with van der Waals surface area (Å²) in [6.07, 6.45) is 25.6. The molecule has 10 heteroatoms. The molecule has 1 unspecified atom stereocenters. The number of aliphatic imine (C=N–C) groups is 1. The van der Waals surface area contributed by atoms with Crippen molar-refractivity contribution in [3.05, 3.63) is 115 Å². The molecule has 10 nitrogen and oxygen atoms in total. The average molecular weight is 829 g/mol. The van der Waals surface area contributed by atoms with Gasteiger partial charge in [-0.05, 0) is 90.6 Å². The molecule has 1 aliphatic rings. The monoisotopic (exact) mass is 829 g/mol. The third-order valence-electron chi connectivity index (χ3n) is 8.60. The molecule has 2 aromatic rings. The van der Waals surface area contributed by atoms with Gasteiger partial charge in [-0.1, -0.05) is 131 Å². The maximum atomic E-state index is 10.9. The van der Waals surface area contributed by atoms with E-state index in [-0.39, 0.29) is 11.8 Å². The van der Waals surface area contributed by atoms with Gasteiger partial charge in [-0.25, -0.2) is 0 Å². The lowest BCUT2D eigenvalue weighted by Gasteiger charge is -2.32. The van der Waals surface area contributed by atoms with Crippen molar-refractivity contribution < 1.29 is 19.2 Å². The van der Waals surface area contributed by atoms with Gasteiger partial charge in [-0.2, -0.15) is 0 Å². The minimum atomic E-state index is -0.0297. The standard InChI is InChI=1S/C10H16.C9H11N3O.C9H16.C8H16N2O2.C8H15NO.C6H6/c1-4-7-9-10(6-3)8-5-2;1-10-8-4-3-7(12-6-13)5-9(8)11-2;1-4-6-8-9(3)7-5-2;1-3-5-10(7-11)6-4-8(12)9-2;1-7-5-3-4-6-9(7)8(2)10;1-2-4-6-5-3-1/h4,6-7,9H,1,5,8H2,2-3H3;3-6,10H,2H2,1H3,(H,12,13);6-8H,4-5H2,1-3H3;7H,3-6H2,1-2H3,(H,9,12);7H,3-6H2,1-2H3;1-6H/b9-7-,10-6-;;8-6-,9-7-;;;. The van der Waals surface area contributed by atoms with Crippen molar-refractivity contribution in [1.82, 2.24) is 15.1 Å². The Bertz CT molecular complexity index is 1510. The number of benzene rings is 2. The van der Waals surface area contributed by atoms with Gasteiger partial charge in [0.25, 0.3) is 0 Å². The topological polar surface area (TPSA) is 123 Å². The van der Waals surface area contributed by atoms with Crippen molar-refractivity contribution in [2.75, 3.05) is 44.4 Å². The fourth-order valence-corrected chi connectivity index (χ4v) is 5.36. The summed E-state index contributed by atoms with van der Waals surface area (Å²) in [5.74, 6) is 0.199. The number of anilines is 2. The summed E-state index contributed by atoms with van der Waals surface area (Å²) in [4.78, 5) is 49.6. The van der Waals surface area contributed by atoms with Crippen LogP contribution in [0.5, 0.6) is 0 Å². The molecule has 0 radical (unpaired) electrons. The number of allylic oxidation sites excluding steroid dienone is 9. The summed E-state index contributed by atoms with van der Waals surface area (Å²) in [6.45, 7) is 25.7. The van der Waals surface area contributed by atoms with Crippen LogP contribution in [0.1, 0.15) is 113 Å². The Morgan fingerprint density at radius 1 is 0.917 bits per heavy atom. The molecule has 60 heavy (non-hydrogen) atoms. The number of amides is 4. The Morgan fingerprint density at radius 2 is 1.57 bits per heavy atom. The van der Waals surface area contributed by atoms with E-state index in [1.165, 1.54) is 43.3 Å². The molecule has 1 heterocycles. The predicted octanol–water partition coefficient (Wildman–Crippen LogP) is 11.5. The summed E-state index contributed by atoms with van der Waals surface area (Å²) < 4.78 is 0. The lowest BCUT2D eigenvalue weighted by Crippen LogP contribution is -2.40. The molecule has 0 aliphatic carbocycles. The van der Waals surface area contributed by atoms with E-state index in [2.05, 4.69) is 106 Å². The Balaban J connectivity index is -0.000000658. The van der Waals surface area contributed by atoms with Gasteiger partial charge in [0.15, 0.2) is 0 Å². The van der Waals surface area contributed by atoms with Gasteiger partial charge < -0.3 is 25.8 Å². The van der Waals surface area contributed by atoms with Gasteiger partial charge in [0.2, 0.25) is 24.6 Å². The highest BCUT2D eigenvalue weighted by Gasteiger charge is 2.19. The van der Waals surface area contributed by atoms with Crippen molar-refractivity contribution in [2.24, 2.45) is 4.99 Å². The molecule has 3 rings (SSSR count). The number of rotatable bonds is 17. The molecule has 0 saturated carbocycles.